The Kier molecular flexibility index (Phi) is 5.45. The molecule has 0 aromatic heterocycles. The topological polar surface area (TPSA) is 84.7 Å². The predicted molar refractivity (Wildman–Crippen MR) is 79.7 cm³/mol. The predicted octanol–water partition coefficient (Wildman–Crippen LogP) is 1.24. The number of nitrogens with zero attached hydrogens (tertiary/aromatic N) is 1. The second-order valence-corrected chi connectivity index (χ2v) is 6.28. The van der Waals surface area contributed by atoms with Crippen LogP contribution in [0.1, 0.15) is 45.4 Å². The van der Waals surface area contributed by atoms with E-state index < -0.39 is 6.09 Å². The summed E-state index contributed by atoms with van der Waals surface area (Å²) >= 11 is 0. The Morgan fingerprint density at radius 3 is 2.71 bits per heavy atom. The molecular weight excluding hydrogens is 270 g/mol. The van der Waals surface area contributed by atoms with Crippen LogP contribution >= 0.6 is 0 Å². The van der Waals surface area contributed by atoms with E-state index in [-0.39, 0.29) is 17.4 Å². The van der Waals surface area contributed by atoms with Crippen molar-refractivity contribution in [3.63, 3.8) is 0 Å². The summed E-state index contributed by atoms with van der Waals surface area (Å²) in [4.78, 5) is 25.8. The summed E-state index contributed by atoms with van der Waals surface area (Å²) in [6, 6.07) is -0.00281. The molecule has 1 unspecified atom stereocenters. The Hall–Kier alpha value is -1.30. The minimum Gasteiger partial charge on any atom is -0.450 e. The van der Waals surface area contributed by atoms with Crippen LogP contribution in [0.25, 0.3) is 0 Å². The van der Waals surface area contributed by atoms with Crippen LogP contribution in [-0.4, -0.2) is 49.2 Å². The molecule has 2 rings (SSSR count). The molecule has 1 atom stereocenters. The summed E-state index contributed by atoms with van der Waals surface area (Å²) in [5.74, 6) is 0.176. The van der Waals surface area contributed by atoms with Gasteiger partial charge in [0.25, 0.3) is 0 Å². The molecule has 1 aliphatic heterocycles. The van der Waals surface area contributed by atoms with Gasteiger partial charge in [0.05, 0.1) is 6.61 Å². The fourth-order valence-electron chi connectivity index (χ4n) is 3.22. The lowest BCUT2D eigenvalue weighted by Gasteiger charge is -2.42. The smallest absolute Gasteiger partial charge is 0.407 e. The molecule has 2 aliphatic rings. The molecule has 0 radical (unpaired) electrons. The number of rotatable bonds is 5. The van der Waals surface area contributed by atoms with Gasteiger partial charge in [0.2, 0.25) is 5.91 Å². The number of nitrogens with one attached hydrogen (secondary N) is 1. The van der Waals surface area contributed by atoms with Crippen LogP contribution in [-0.2, 0) is 9.53 Å². The molecule has 1 heterocycles. The molecule has 3 N–H and O–H groups in total. The summed E-state index contributed by atoms with van der Waals surface area (Å²) in [5, 5.41) is 2.83. The van der Waals surface area contributed by atoms with Crippen molar-refractivity contribution >= 4 is 12.0 Å². The minimum absolute atomic E-state index is 0.00281. The molecule has 0 aromatic rings. The Labute approximate surface area is 126 Å². The van der Waals surface area contributed by atoms with Crippen LogP contribution in [0.15, 0.2) is 0 Å². The van der Waals surface area contributed by atoms with E-state index >= 15 is 0 Å². The first-order valence-corrected chi connectivity index (χ1v) is 8.00. The maximum atomic E-state index is 12.4. The van der Waals surface area contributed by atoms with Gasteiger partial charge in [-0.2, -0.15) is 0 Å². The van der Waals surface area contributed by atoms with Gasteiger partial charge in [0, 0.05) is 25.6 Å². The number of nitrogens with two attached hydrogens (primary N) is 1. The normalized spacial score (nSPS) is 24.1. The number of carbonyl (C=O) groups excluding carboxylic acids is 2. The van der Waals surface area contributed by atoms with Crippen molar-refractivity contribution in [3.8, 4) is 0 Å². The summed E-state index contributed by atoms with van der Waals surface area (Å²) < 4.78 is 4.89. The van der Waals surface area contributed by atoms with Gasteiger partial charge in [-0.15, -0.1) is 0 Å². The summed E-state index contributed by atoms with van der Waals surface area (Å²) in [6.07, 6.45) is 5.27. The summed E-state index contributed by atoms with van der Waals surface area (Å²) in [5.41, 5.74) is 5.87. The van der Waals surface area contributed by atoms with Crippen LogP contribution in [0.2, 0.25) is 0 Å². The molecule has 1 aliphatic carbocycles. The van der Waals surface area contributed by atoms with Crippen LogP contribution in [0.5, 0.6) is 0 Å². The first-order valence-electron chi connectivity index (χ1n) is 8.00. The van der Waals surface area contributed by atoms with Crippen molar-refractivity contribution in [1.82, 2.24) is 10.2 Å². The van der Waals surface area contributed by atoms with Crippen LogP contribution in [0.3, 0.4) is 0 Å². The van der Waals surface area contributed by atoms with E-state index in [4.69, 9.17) is 10.5 Å². The van der Waals surface area contributed by atoms with Gasteiger partial charge < -0.3 is 20.7 Å². The number of hydrogen-bond donors (Lipinski definition) is 2. The van der Waals surface area contributed by atoms with E-state index in [0.29, 0.717) is 26.1 Å². The van der Waals surface area contributed by atoms with Crippen molar-refractivity contribution in [2.24, 2.45) is 11.1 Å². The van der Waals surface area contributed by atoms with Crippen molar-refractivity contribution in [1.29, 1.82) is 0 Å². The van der Waals surface area contributed by atoms with Crippen molar-refractivity contribution in [2.75, 3.05) is 26.2 Å². The zero-order valence-electron chi connectivity index (χ0n) is 12.9. The van der Waals surface area contributed by atoms with E-state index in [1.807, 2.05) is 4.90 Å². The largest absolute Gasteiger partial charge is 0.450 e. The molecule has 1 saturated heterocycles. The van der Waals surface area contributed by atoms with Crippen LogP contribution in [0.4, 0.5) is 4.79 Å². The molecule has 120 valence electrons. The first kappa shape index (κ1) is 16.1. The molecule has 6 nitrogen and oxygen atoms in total. The quantitative estimate of drug-likeness (QED) is 0.799. The number of carbonyl (C=O) groups is 2. The highest BCUT2D eigenvalue weighted by molar-refractivity contribution is 5.77. The zero-order valence-corrected chi connectivity index (χ0v) is 12.9. The van der Waals surface area contributed by atoms with E-state index in [9.17, 15) is 9.59 Å². The number of alkyl carbamates (subject to hydrolysis) is 1. The van der Waals surface area contributed by atoms with Gasteiger partial charge in [-0.3, -0.25) is 4.79 Å². The minimum atomic E-state index is -0.394. The fraction of sp³-hybridized carbons (Fsp3) is 0.867. The van der Waals surface area contributed by atoms with Gasteiger partial charge in [-0.1, -0.05) is 6.42 Å². The SMILES string of the molecule is CCOC(=O)NC1CCCN(C(=O)CC2(CN)CCC2)C1. The third-order valence-electron chi connectivity index (χ3n) is 4.74. The second kappa shape index (κ2) is 7.11. The summed E-state index contributed by atoms with van der Waals surface area (Å²) in [7, 11) is 0. The monoisotopic (exact) mass is 297 g/mol. The Bertz CT molecular complexity index is 377. The highest BCUT2D eigenvalue weighted by Gasteiger charge is 2.39. The lowest BCUT2D eigenvalue weighted by molar-refractivity contribution is -0.136. The molecule has 1 saturated carbocycles. The highest BCUT2D eigenvalue weighted by Crippen LogP contribution is 2.43. The fourth-order valence-corrected chi connectivity index (χ4v) is 3.22. The molecule has 0 spiro atoms. The molecule has 0 bridgehead atoms. The van der Waals surface area contributed by atoms with Gasteiger partial charge in [0.1, 0.15) is 0 Å². The van der Waals surface area contributed by atoms with Crippen molar-refractivity contribution in [2.45, 2.75) is 51.5 Å². The third kappa shape index (κ3) is 4.09. The molecular formula is C15H27N3O3. The maximum Gasteiger partial charge on any atom is 0.407 e. The van der Waals surface area contributed by atoms with Gasteiger partial charge in [-0.05, 0) is 44.6 Å². The van der Waals surface area contributed by atoms with E-state index in [0.717, 1.165) is 32.2 Å². The first-order chi connectivity index (χ1) is 10.1. The lowest BCUT2D eigenvalue weighted by atomic mass is 9.66. The van der Waals surface area contributed by atoms with Crippen LogP contribution < -0.4 is 11.1 Å². The van der Waals surface area contributed by atoms with E-state index in [1.165, 1.54) is 6.42 Å². The van der Waals surface area contributed by atoms with Crippen molar-refractivity contribution < 1.29 is 14.3 Å². The number of amides is 2. The third-order valence-corrected chi connectivity index (χ3v) is 4.74. The Morgan fingerprint density at radius 2 is 2.14 bits per heavy atom. The second-order valence-electron chi connectivity index (χ2n) is 6.28. The standard InChI is InChI=1S/C15H27N3O3/c1-2-21-14(20)17-12-5-3-8-18(10-12)13(19)9-15(11-16)6-4-7-15/h12H,2-11,16H2,1H3,(H,17,20). The Morgan fingerprint density at radius 1 is 1.38 bits per heavy atom. The van der Waals surface area contributed by atoms with Gasteiger partial charge in [0.15, 0.2) is 0 Å². The van der Waals surface area contributed by atoms with Crippen LogP contribution in [0, 0.1) is 5.41 Å². The summed E-state index contributed by atoms with van der Waals surface area (Å²) in [6.45, 7) is 4.09. The molecule has 0 aromatic carbocycles. The maximum absolute atomic E-state index is 12.4. The van der Waals surface area contributed by atoms with E-state index in [1.54, 1.807) is 6.92 Å². The highest BCUT2D eigenvalue weighted by atomic mass is 16.5. The average Bonchev–Trinajstić information content (AvgIpc) is 2.43. The van der Waals surface area contributed by atoms with Crippen molar-refractivity contribution in [3.05, 3.63) is 0 Å². The number of hydrogen-bond acceptors (Lipinski definition) is 4. The van der Waals surface area contributed by atoms with Gasteiger partial charge in [-0.25, -0.2) is 4.79 Å². The number of ether oxygens (including phenoxy) is 1. The Balaban J connectivity index is 1.82. The number of likely N-dealkylation sites (tertiary alicyclic amines) is 1. The molecule has 2 fully saturated rings. The lowest BCUT2D eigenvalue weighted by Crippen LogP contribution is -2.51. The molecule has 2 amide bonds. The average molecular weight is 297 g/mol. The molecule has 6 heteroatoms. The van der Waals surface area contributed by atoms with Gasteiger partial charge >= 0.3 is 6.09 Å². The zero-order chi connectivity index (χ0) is 15.3. The number of piperidine rings is 1. The van der Waals surface area contributed by atoms with E-state index in [2.05, 4.69) is 5.32 Å². The molecule has 21 heavy (non-hydrogen) atoms.